The standard InChI is InChI=1S/C33H37F3N6O4/c34-33(35,36)28(22-9-7-21(8-10-22)23-5-4-6-24(17-23)29(43)42-13-2-1-3-14-42)46-27-18-26(39-31(37)40-27)41-15-11-32(12-16-41)19-25(30(44)45)38-20-32/h4-10,17-18,25,28,38H,1-3,11-16,19-20H2,(H,44,45)(H2,37,39,40)/t25?,28-/m1/s1. The topological polar surface area (TPSA) is 134 Å². The molecule has 1 unspecified atom stereocenters. The average molecular weight is 639 g/mol. The van der Waals surface area contributed by atoms with Crippen LogP contribution in [0.25, 0.3) is 11.1 Å². The van der Waals surface area contributed by atoms with Crippen LogP contribution in [-0.2, 0) is 4.79 Å². The Hall–Kier alpha value is -4.39. The van der Waals surface area contributed by atoms with E-state index in [9.17, 15) is 27.9 Å². The molecule has 1 amide bonds. The SMILES string of the molecule is Nc1nc(O[C@H](c2ccc(-c3cccc(C(=O)N4CCCCC4)c3)cc2)C(F)(F)F)cc(N2CCC3(CC2)CNC(C(=O)O)C3)n1. The fourth-order valence-corrected chi connectivity index (χ4v) is 6.74. The Morgan fingerprint density at radius 2 is 1.70 bits per heavy atom. The number of benzene rings is 2. The number of nitrogen functional groups attached to an aromatic ring is 1. The molecule has 1 aromatic heterocycles. The number of amides is 1. The number of nitrogens with two attached hydrogens (primary N) is 1. The van der Waals surface area contributed by atoms with Crippen LogP contribution in [0.3, 0.4) is 0 Å². The molecule has 4 N–H and O–H groups in total. The molecule has 0 bridgehead atoms. The Balaban J connectivity index is 1.16. The van der Waals surface area contributed by atoms with Gasteiger partial charge in [0.15, 0.2) is 0 Å². The van der Waals surface area contributed by atoms with Gasteiger partial charge in [0.25, 0.3) is 5.91 Å². The zero-order valence-corrected chi connectivity index (χ0v) is 25.3. The van der Waals surface area contributed by atoms with E-state index >= 15 is 0 Å². The number of likely N-dealkylation sites (tertiary alicyclic amines) is 1. The van der Waals surface area contributed by atoms with E-state index in [0.717, 1.165) is 37.9 Å². The van der Waals surface area contributed by atoms with Crippen molar-refractivity contribution in [2.24, 2.45) is 5.41 Å². The number of rotatable bonds is 7. The first-order valence-corrected chi connectivity index (χ1v) is 15.6. The van der Waals surface area contributed by atoms with Crippen molar-refractivity contribution in [3.8, 4) is 17.0 Å². The van der Waals surface area contributed by atoms with Crippen molar-refractivity contribution in [1.29, 1.82) is 0 Å². The Bertz CT molecular complexity index is 1570. The highest BCUT2D eigenvalue weighted by Crippen LogP contribution is 2.41. The second kappa shape index (κ2) is 12.8. The Morgan fingerprint density at radius 3 is 2.35 bits per heavy atom. The molecule has 0 saturated carbocycles. The zero-order valence-electron chi connectivity index (χ0n) is 25.3. The number of piperidine rings is 2. The molecular weight excluding hydrogens is 601 g/mol. The summed E-state index contributed by atoms with van der Waals surface area (Å²) in [4.78, 5) is 36.3. The minimum Gasteiger partial charge on any atom is -0.480 e. The number of hydrogen-bond acceptors (Lipinski definition) is 8. The van der Waals surface area contributed by atoms with Gasteiger partial charge in [-0.25, -0.2) is 0 Å². The molecule has 3 fully saturated rings. The molecule has 3 aliphatic heterocycles. The number of aliphatic carboxylic acids is 1. The van der Waals surface area contributed by atoms with Crippen LogP contribution < -0.4 is 20.7 Å². The van der Waals surface area contributed by atoms with Crippen molar-refractivity contribution in [1.82, 2.24) is 20.2 Å². The van der Waals surface area contributed by atoms with Gasteiger partial charge < -0.3 is 30.7 Å². The van der Waals surface area contributed by atoms with Crippen molar-refractivity contribution < 1.29 is 32.6 Å². The molecule has 6 rings (SSSR count). The molecular formula is C33H37F3N6O4. The van der Waals surface area contributed by atoms with E-state index in [2.05, 4.69) is 15.3 Å². The summed E-state index contributed by atoms with van der Waals surface area (Å²) in [6.45, 7) is 3.13. The normalized spacial score (nSPS) is 20.5. The molecule has 0 radical (unpaired) electrons. The number of carboxylic acid groups (broad SMARTS) is 1. The summed E-state index contributed by atoms with van der Waals surface area (Å²) >= 11 is 0. The van der Waals surface area contributed by atoms with Gasteiger partial charge in [0, 0.05) is 49.9 Å². The number of hydrogen-bond donors (Lipinski definition) is 3. The van der Waals surface area contributed by atoms with E-state index in [-0.39, 0.29) is 28.7 Å². The van der Waals surface area contributed by atoms with Gasteiger partial charge in [-0.2, -0.15) is 23.1 Å². The number of nitrogens with zero attached hydrogens (tertiary/aromatic N) is 4. The highest BCUT2D eigenvalue weighted by Gasteiger charge is 2.45. The number of ether oxygens (including phenoxy) is 1. The van der Waals surface area contributed by atoms with Gasteiger partial charge >= 0.3 is 12.1 Å². The number of anilines is 2. The van der Waals surface area contributed by atoms with Crippen molar-refractivity contribution >= 4 is 23.6 Å². The molecule has 46 heavy (non-hydrogen) atoms. The molecule has 4 heterocycles. The van der Waals surface area contributed by atoms with Crippen LogP contribution in [-0.4, -0.2) is 76.8 Å². The van der Waals surface area contributed by atoms with Crippen LogP contribution in [0.15, 0.2) is 54.6 Å². The van der Waals surface area contributed by atoms with Gasteiger partial charge in [-0.15, -0.1) is 0 Å². The highest BCUT2D eigenvalue weighted by molar-refractivity contribution is 5.95. The van der Waals surface area contributed by atoms with Crippen LogP contribution in [0.2, 0.25) is 0 Å². The van der Waals surface area contributed by atoms with Crippen molar-refractivity contribution in [3.05, 3.63) is 65.7 Å². The summed E-state index contributed by atoms with van der Waals surface area (Å²) < 4.78 is 48.5. The smallest absolute Gasteiger partial charge is 0.429 e. The molecule has 0 aliphatic carbocycles. The van der Waals surface area contributed by atoms with Crippen LogP contribution in [0.4, 0.5) is 24.9 Å². The van der Waals surface area contributed by atoms with E-state index in [1.807, 2.05) is 15.9 Å². The molecule has 1 spiro atoms. The Labute approximate surface area is 264 Å². The maximum atomic E-state index is 14.3. The second-order valence-corrected chi connectivity index (χ2v) is 12.5. The number of nitrogens with one attached hydrogen (secondary N) is 1. The predicted molar refractivity (Wildman–Crippen MR) is 165 cm³/mol. The second-order valence-electron chi connectivity index (χ2n) is 12.5. The van der Waals surface area contributed by atoms with Crippen LogP contribution in [0.5, 0.6) is 5.88 Å². The minimum atomic E-state index is -4.75. The maximum absolute atomic E-state index is 14.3. The fraction of sp³-hybridized carbons (Fsp3) is 0.455. The lowest BCUT2D eigenvalue weighted by atomic mass is 9.76. The van der Waals surface area contributed by atoms with Gasteiger partial charge in [-0.1, -0.05) is 36.4 Å². The van der Waals surface area contributed by atoms with Crippen LogP contribution in [0.1, 0.15) is 60.6 Å². The molecule has 3 saturated heterocycles. The number of alkyl halides is 3. The van der Waals surface area contributed by atoms with Crippen LogP contribution >= 0.6 is 0 Å². The van der Waals surface area contributed by atoms with E-state index in [1.165, 1.54) is 18.2 Å². The lowest BCUT2D eigenvalue weighted by Gasteiger charge is -2.39. The van der Waals surface area contributed by atoms with Crippen molar-refractivity contribution in [2.75, 3.05) is 43.4 Å². The summed E-state index contributed by atoms with van der Waals surface area (Å²) in [6.07, 6.45) is -2.05. The number of carboxylic acids is 1. The van der Waals surface area contributed by atoms with Gasteiger partial charge in [-0.05, 0) is 67.2 Å². The molecule has 3 aromatic rings. The first-order valence-electron chi connectivity index (χ1n) is 15.6. The summed E-state index contributed by atoms with van der Waals surface area (Å²) in [5.41, 5.74) is 7.59. The molecule has 13 heteroatoms. The third-order valence-electron chi connectivity index (χ3n) is 9.35. The minimum absolute atomic E-state index is 0.0429. The van der Waals surface area contributed by atoms with E-state index in [4.69, 9.17) is 10.5 Å². The number of halogens is 3. The van der Waals surface area contributed by atoms with Crippen molar-refractivity contribution in [3.63, 3.8) is 0 Å². The monoisotopic (exact) mass is 638 g/mol. The van der Waals surface area contributed by atoms with Gasteiger partial charge in [-0.3, -0.25) is 9.59 Å². The Kier molecular flexibility index (Phi) is 8.78. The lowest BCUT2D eigenvalue weighted by Crippen LogP contribution is -2.41. The molecule has 2 atom stereocenters. The number of carbonyl (C=O) groups excluding carboxylic acids is 1. The lowest BCUT2D eigenvalue weighted by molar-refractivity contribution is -0.198. The van der Waals surface area contributed by atoms with Gasteiger partial charge in [0.1, 0.15) is 11.9 Å². The quantitative estimate of drug-likeness (QED) is 0.325. The van der Waals surface area contributed by atoms with Gasteiger partial charge in [0.05, 0.1) is 0 Å². The van der Waals surface area contributed by atoms with E-state index in [1.54, 1.807) is 30.3 Å². The zero-order chi connectivity index (χ0) is 32.5. The van der Waals surface area contributed by atoms with E-state index in [0.29, 0.717) is 55.8 Å². The number of aromatic nitrogens is 2. The first kappa shape index (κ1) is 31.6. The third-order valence-corrected chi connectivity index (χ3v) is 9.35. The molecule has 2 aromatic carbocycles. The summed E-state index contributed by atoms with van der Waals surface area (Å²) in [7, 11) is 0. The third kappa shape index (κ3) is 6.88. The Morgan fingerprint density at radius 1 is 0.978 bits per heavy atom. The van der Waals surface area contributed by atoms with E-state index < -0.39 is 24.3 Å². The summed E-state index contributed by atoms with van der Waals surface area (Å²) in [5, 5.41) is 12.4. The highest BCUT2D eigenvalue weighted by atomic mass is 19.4. The number of carbonyl (C=O) groups is 2. The van der Waals surface area contributed by atoms with Gasteiger partial charge in [0.2, 0.25) is 17.9 Å². The first-order chi connectivity index (χ1) is 22.0. The molecule has 3 aliphatic rings. The summed E-state index contributed by atoms with van der Waals surface area (Å²) in [6, 6.07) is 13.8. The largest absolute Gasteiger partial charge is 0.480 e. The van der Waals surface area contributed by atoms with Crippen molar-refractivity contribution in [2.45, 2.75) is 56.8 Å². The van der Waals surface area contributed by atoms with Crippen LogP contribution in [0, 0.1) is 5.41 Å². The fourth-order valence-electron chi connectivity index (χ4n) is 6.74. The maximum Gasteiger partial charge on any atom is 0.429 e. The summed E-state index contributed by atoms with van der Waals surface area (Å²) in [5.74, 6) is -1.07. The molecule has 244 valence electrons. The average Bonchev–Trinajstić information content (AvgIpc) is 3.47. The predicted octanol–water partition coefficient (Wildman–Crippen LogP) is 5.07. The molecule has 10 nitrogen and oxygen atoms in total.